The molecule has 92 valence electrons. The molecule has 2 heterocycles. The van der Waals surface area contributed by atoms with Gasteiger partial charge in [0, 0.05) is 16.8 Å². The normalized spacial score (nSPS) is 11.3. The molecule has 3 rings (SSSR count). The fraction of sp³-hybridized carbons (Fsp3) is 0.214. The Morgan fingerprint density at radius 3 is 2.50 bits per heavy atom. The van der Waals surface area contributed by atoms with E-state index in [1.807, 2.05) is 19.1 Å². The first kappa shape index (κ1) is 10.9. The molecule has 0 fully saturated rings. The smallest absolute Gasteiger partial charge is 0.347 e. The van der Waals surface area contributed by atoms with Gasteiger partial charge in [0.1, 0.15) is 28.2 Å². The summed E-state index contributed by atoms with van der Waals surface area (Å²) >= 11 is 0. The van der Waals surface area contributed by atoms with Gasteiger partial charge in [0.2, 0.25) is 0 Å². The monoisotopic (exact) mass is 244 g/mol. The molecular formula is C14H12O4. The molecule has 0 aliphatic heterocycles. The van der Waals surface area contributed by atoms with Crippen LogP contribution in [0.1, 0.15) is 11.5 Å². The van der Waals surface area contributed by atoms with E-state index in [4.69, 9.17) is 13.6 Å². The minimum Gasteiger partial charge on any atom is -0.497 e. The highest BCUT2D eigenvalue weighted by atomic mass is 16.5. The number of rotatable bonds is 1. The van der Waals surface area contributed by atoms with Gasteiger partial charge in [0.05, 0.1) is 7.11 Å². The van der Waals surface area contributed by atoms with Crippen molar-refractivity contribution in [1.29, 1.82) is 0 Å². The Hall–Kier alpha value is -2.23. The summed E-state index contributed by atoms with van der Waals surface area (Å²) in [6.07, 6.45) is 0. The summed E-state index contributed by atoms with van der Waals surface area (Å²) in [5.74, 6) is 1.97. The van der Waals surface area contributed by atoms with Gasteiger partial charge in [0.25, 0.3) is 0 Å². The average molecular weight is 244 g/mol. The van der Waals surface area contributed by atoms with Crippen molar-refractivity contribution in [2.24, 2.45) is 0 Å². The molecule has 1 aromatic carbocycles. The van der Waals surface area contributed by atoms with Crippen LogP contribution in [0.4, 0.5) is 0 Å². The first-order valence-corrected chi connectivity index (χ1v) is 5.62. The Bertz CT molecular complexity index is 808. The van der Waals surface area contributed by atoms with Gasteiger partial charge in [-0.2, -0.15) is 0 Å². The van der Waals surface area contributed by atoms with Crippen LogP contribution in [0, 0.1) is 13.8 Å². The zero-order valence-corrected chi connectivity index (χ0v) is 10.4. The van der Waals surface area contributed by atoms with E-state index in [1.54, 1.807) is 20.1 Å². The fourth-order valence-corrected chi connectivity index (χ4v) is 2.33. The van der Waals surface area contributed by atoms with Crippen LogP contribution < -0.4 is 10.4 Å². The van der Waals surface area contributed by atoms with Gasteiger partial charge in [0.15, 0.2) is 0 Å². The molecule has 4 heteroatoms. The minimum atomic E-state index is -0.375. The Morgan fingerprint density at radius 1 is 1.06 bits per heavy atom. The molecule has 0 saturated carbocycles. The third-order valence-electron chi connectivity index (χ3n) is 3.13. The van der Waals surface area contributed by atoms with Gasteiger partial charge < -0.3 is 13.6 Å². The first-order valence-electron chi connectivity index (χ1n) is 5.62. The summed E-state index contributed by atoms with van der Waals surface area (Å²) in [5, 5.41) is 2.20. The molecule has 0 amide bonds. The molecule has 0 bridgehead atoms. The van der Waals surface area contributed by atoms with E-state index in [-0.39, 0.29) is 5.63 Å². The maximum Gasteiger partial charge on any atom is 0.347 e. The van der Waals surface area contributed by atoms with Crippen LogP contribution in [0.15, 0.2) is 31.8 Å². The van der Waals surface area contributed by atoms with Crippen molar-refractivity contribution in [1.82, 2.24) is 0 Å². The van der Waals surface area contributed by atoms with Gasteiger partial charge in [-0.15, -0.1) is 0 Å². The summed E-state index contributed by atoms with van der Waals surface area (Å²) in [5.41, 5.74) is 0.135. The summed E-state index contributed by atoms with van der Waals surface area (Å²) in [6.45, 7) is 3.61. The van der Waals surface area contributed by atoms with Crippen molar-refractivity contribution in [2.75, 3.05) is 7.11 Å². The molecule has 0 aliphatic carbocycles. The maximum atomic E-state index is 12.0. The lowest BCUT2D eigenvalue weighted by Crippen LogP contribution is -1.99. The van der Waals surface area contributed by atoms with E-state index in [2.05, 4.69) is 0 Å². The van der Waals surface area contributed by atoms with Crippen molar-refractivity contribution in [3.63, 3.8) is 0 Å². The second-order valence-electron chi connectivity index (χ2n) is 4.22. The van der Waals surface area contributed by atoms with Crippen LogP contribution in [0.3, 0.4) is 0 Å². The summed E-state index contributed by atoms with van der Waals surface area (Å²) in [6, 6.07) is 5.42. The predicted molar refractivity (Wildman–Crippen MR) is 68.3 cm³/mol. The van der Waals surface area contributed by atoms with Crippen molar-refractivity contribution in [3.8, 4) is 5.75 Å². The number of ether oxygens (including phenoxy) is 1. The molecule has 0 N–H and O–H groups in total. The van der Waals surface area contributed by atoms with Crippen LogP contribution in [0.2, 0.25) is 0 Å². The van der Waals surface area contributed by atoms with Crippen LogP contribution in [0.5, 0.6) is 5.75 Å². The lowest BCUT2D eigenvalue weighted by Gasteiger charge is -2.02. The summed E-state index contributed by atoms with van der Waals surface area (Å²) < 4.78 is 16.0. The zero-order valence-electron chi connectivity index (χ0n) is 10.4. The van der Waals surface area contributed by atoms with Crippen molar-refractivity contribution in [2.45, 2.75) is 13.8 Å². The van der Waals surface area contributed by atoms with Crippen LogP contribution in [-0.2, 0) is 0 Å². The number of methoxy groups -OCH3 is 1. The summed E-state index contributed by atoms with van der Waals surface area (Å²) in [7, 11) is 1.57. The number of hydrogen-bond donors (Lipinski definition) is 0. The number of furan rings is 1. The van der Waals surface area contributed by atoms with Crippen molar-refractivity contribution >= 4 is 21.7 Å². The van der Waals surface area contributed by atoms with Crippen LogP contribution in [0.25, 0.3) is 21.7 Å². The van der Waals surface area contributed by atoms with Crippen LogP contribution in [-0.4, -0.2) is 7.11 Å². The molecule has 0 radical (unpaired) electrons. The number of benzene rings is 1. The van der Waals surface area contributed by atoms with Crippen molar-refractivity contribution in [3.05, 3.63) is 40.1 Å². The highest BCUT2D eigenvalue weighted by Crippen LogP contribution is 2.31. The van der Waals surface area contributed by atoms with Gasteiger partial charge >= 0.3 is 5.63 Å². The molecule has 18 heavy (non-hydrogen) atoms. The number of fused-ring (bicyclic) bond motifs is 3. The molecule has 0 saturated heterocycles. The molecule has 4 nitrogen and oxygen atoms in total. The average Bonchev–Trinajstić information content (AvgIpc) is 2.65. The third kappa shape index (κ3) is 1.35. The first-order chi connectivity index (χ1) is 8.61. The molecule has 0 atom stereocenters. The van der Waals surface area contributed by atoms with Crippen molar-refractivity contribution < 1.29 is 13.6 Å². The SMILES string of the molecule is COc1ccc2c(c1)oc(=O)c1c(C)oc(C)c12. The van der Waals surface area contributed by atoms with E-state index >= 15 is 0 Å². The standard InChI is InChI=1S/C14H12O4/c1-7-12-10-5-4-9(16-3)6-11(10)18-14(15)13(12)8(2)17-7/h4-6H,1-3H3. The van der Waals surface area contributed by atoms with Gasteiger partial charge in [-0.05, 0) is 26.0 Å². The largest absolute Gasteiger partial charge is 0.497 e. The molecule has 3 aromatic rings. The second-order valence-corrected chi connectivity index (χ2v) is 4.22. The van der Waals surface area contributed by atoms with E-state index in [1.165, 1.54) is 0 Å². The predicted octanol–water partition coefficient (Wildman–Crippen LogP) is 3.16. The summed E-state index contributed by atoms with van der Waals surface area (Å²) in [4.78, 5) is 12.0. The Balaban J connectivity index is 2.57. The molecule has 2 aromatic heterocycles. The van der Waals surface area contributed by atoms with Crippen LogP contribution >= 0.6 is 0 Å². The topological polar surface area (TPSA) is 52.6 Å². The maximum absolute atomic E-state index is 12.0. The number of aryl methyl sites for hydroxylation is 2. The highest BCUT2D eigenvalue weighted by Gasteiger charge is 2.16. The number of hydrogen-bond acceptors (Lipinski definition) is 4. The Morgan fingerprint density at radius 2 is 1.78 bits per heavy atom. The van der Waals surface area contributed by atoms with Gasteiger partial charge in [-0.25, -0.2) is 4.79 Å². The second kappa shape index (κ2) is 3.63. The molecule has 0 aliphatic rings. The van der Waals surface area contributed by atoms with E-state index < -0.39 is 0 Å². The van der Waals surface area contributed by atoms with E-state index in [9.17, 15) is 4.79 Å². The highest BCUT2D eigenvalue weighted by molar-refractivity contribution is 6.06. The fourth-order valence-electron chi connectivity index (χ4n) is 2.33. The Kier molecular flexibility index (Phi) is 2.20. The quantitative estimate of drug-likeness (QED) is 0.617. The molecule has 0 unspecified atom stereocenters. The van der Waals surface area contributed by atoms with E-state index in [0.717, 1.165) is 16.5 Å². The van der Waals surface area contributed by atoms with E-state index in [0.29, 0.717) is 22.5 Å². The lowest BCUT2D eigenvalue weighted by molar-refractivity contribution is 0.414. The molecular weight excluding hydrogens is 232 g/mol. The Labute approximate surface area is 103 Å². The third-order valence-corrected chi connectivity index (χ3v) is 3.13. The minimum absolute atomic E-state index is 0.375. The van der Waals surface area contributed by atoms with Gasteiger partial charge in [-0.3, -0.25) is 0 Å². The lowest BCUT2D eigenvalue weighted by atomic mass is 10.1. The zero-order chi connectivity index (χ0) is 12.9. The van der Waals surface area contributed by atoms with Gasteiger partial charge in [-0.1, -0.05) is 0 Å². The molecule has 0 spiro atoms.